The molecular weight excluding hydrogens is 230 g/mol. The van der Waals surface area contributed by atoms with Crippen LogP contribution in [-0.4, -0.2) is 41.9 Å². The molecule has 0 aromatic rings. The summed E-state index contributed by atoms with van der Waals surface area (Å²) < 4.78 is 16.5. The first-order valence-corrected chi connectivity index (χ1v) is 7.86. The fourth-order valence-electron chi connectivity index (χ4n) is 1.25. The number of nitrogens with two attached hydrogens (primary N) is 1. The van der Waals surface area contributed by atoms with Gasteiger partial charge in [-0.1, -0.05) is 0 Å². The molecule has 2 N–H and O–H groups in total. The Labute approximate surface area is 99.2 Å². The highest BCUT2D eigenvalue weighted by Crippen LogP contribution is 2.16. The number of rotatable bonds is 10. The lowest BCUT2D eigenvalue weighted by Gasteiger charge is -2.26. The van der Waals surface area contributed by atoms with Crippen molar-refractivity contribution < 1.29 is 13.3 Å². The Balaban J connectivity index is 3.88. The molecule has 0 aromatic heterocycles. The summed E-state index contributed by atoms with van der Waals surface area (Å²) in [4.78, 5) is 0. The Morgan fingerprint density at radius 2 is 1.80 bits per heavy atom. The van der Waals surface area contributed by atoms with Crippen LogP contribution < -0.4 is 5.73 Å². The van der Waals surface area contributed by atoms with Crippen molar-refractivity contribution >= 4 is 21.4 Å². The summed E-state index contributed by atoms with van der Waals surface area (Å²) in [6.07, 6.45) is 2.89. The normalized spacial score (nSPS) is 12.0. The van der Waals surface area contributed by atoms with Gasteiger partial charge >= 0.3 is 8.80 Å². The summed E-state index contributed by atoms with van der Waals surface area (Å²) in [5.41, 5.74) is 5.41. The van der Waals surface area contributed by atoms with Crippen LogP contribution in [0.4, 0.5) is 0 Å². The standard InChI is InChI=1S/C9H23NO3SSi/c1-11-15(12-2,9-5-8-14)13-7-4-3-6-10/h14H,3-10H2,1-2H3. The molecule has 0 fully saturated rings. The second-order valence-corrected chi connectivity index (χ2v) is 6.68. The van der Waals surface area contributed by atoms with E-state index in [9.17, 15) is 0 Å². The number of hydrogen-bond donors (Lipinski definition) is 2. The van der Waals surface area contributed by atoms with E-state index >= 15 is 0 Å². The van der Waals surface area contributed by atoms with Crippen molar-refractivity contribution in [2.24, 2.45) is 5.73 Å². The van der Waals surface area contributed by atoms with Crippen LogP contribution in [0, 0.1) is 0 Å². The largest absolute Gasteiger partial charge is 0.500 e. The molecule has 0 aliphatic rings. The third-order valence-electron chi connectivity index (χ3n) is 2.18. The minimum absolute atomic E-state index is 0.664. The van der Waals surface area contributed by atoms with Gasteiger partial charge in [-0.25, -0.2) is 0 Å². The van der Waals surface area contributed by atoms with Gasteiger partial charge in [-0.05, 0) is 31.6 Å². The zero-order valence-corrected chi connectivity index (χ0v) is 11.6. The highest BCUT2D eigenvalue weighted by Gasteiger charge is 2.37. The summed E-state index contributed by atoms with van der Waals surface area (Å²) in [5, 5.41) is 0. The van der Waals surface area contributed by atoms with Gasteiger partial charge < -0.3 is 19.0 Å². The molecule has 0 saturated heterocycles. The first kappa shape index (κ1) is 15.4. The zero-order chi connectivity index (χ0) is 11.6. The number of thiol groups is 1. The van der Waals surface area contributed by atoms with Crippen molar-refractivity contribution in [1.82, 2.24) is 0 Å². The predicted molar refractivity (Wildman–Crippen MR) is 67.3 cm³/mol. The maximum atomic E-state index is 5.74. The van der Waals surface area contributed by atoms with E-state index in [4.69, 9.17) is 19.0 Å². The van der Waals surface area contributed by atoms with Crippen molar-refractivity contribution in [3.8, 4) is 0 Å². The molecule has 0 saturated carbocycles. The fourth-order valence-corrected chi connectivity index (χ4v) is 3.72. The first-order valence-electron chi connectivity index (χ1n) is 5.30. The Bertz CT molecular complexity index is 147. The molecule has 6 heteroatoms. The van der Waals surface area contributed by atoms with Crippen LogP contribution in [0.1, 0.15) is 19.3 Å². The van der Waals surface area contributed by atoms with Gasteiger partial charge in [0.05, 0.1) is 0 Å². The Hall–Kier alpha value is 0.407. The van der Waals surface area contributed by atoms with Gasteiger partial charge in [0.1, 0.15) is 0 Å². The van der Waals surface area contributed by atoms with Gasteiger partial charge in [-0.3, -0.25) is 0 Å². The number of hydrogen-bond acceptors (Lipinski definition) is 5. The first-order chi connectivity index (χ1) is 7.24. The Morgan fingerprint density at radius 3 is 2.27 bits per heavy atom. The molecule has 0 spiro atoms. The quantitative estimate of drug-likeness (QED) is 0.350. The summed E-state index contributed by atoms with van der Waals surface area (Å²) in [6.45, 7) is 1.37. The molecule has 0 aliphatic carbocycles. The molecule has 0 radical (unpaired) electrons. The molecule has 0 rings (SSSR count). The average molecular weight is 253 g/mol. The molecular formula is C9H23NO3SSi. The van der Waals surface area contributed by atoms with E-state index in [0.717, 1.165) is 31.1 Å². The van der Waals surface area contributed by atoms with Gasteiger partial charge in [0, 0.05) is 26.9 Å². The highest BCUT2D eigenvalue weighted by atomic mass is 32.1. The molecule has 0 heterocycles. The van der Waals surface area contributed by atoms with Crippen LogP contribution in [-0.2, 0) is 13.3 Å². The summed E-state index contributed by atoms with van der Waals surface area (Å²) in [6, 6.07) is 0.826. The second-order valence-electron chi connectivity index (χ2n) is 3.26. The highest BCUT2D eigenvalue weighted by molar-refractivity contribution is 7.80. The van der Waals surface area contributed by atoms with Crippen molar-refractivity contribution in [1.29, 1.82) is 0 Å². The van der Waals surface area contributed by atoms with Crippen molar-refractivity contribution in [2.45, 2.75) is 25.3 Å². The molecule has 15 heavy (non-hydrogen) atoms. The van der Waals surface area contributed by atoms with Crippen molar-refractivity contribution in [2.75, 3.05) is 33.1 Å². The lowest BCUT2D eigenvalue weighted by Crippen LogP contribution is -2.44. The molecule has 4 nitrogen and oxygen atoms in total. The smallest absolute Gasteiger partial charge is 0.377 e. The zero-order valence-electron chi connectivity index (χ0n) is 9.70. The van der Waals surface area contributed by atoms with Gasteiger partial charge in [0.15, 0.2) is 0 Å². The summed E-state index contributed by atoms with van der Waals surface area (Å²) >= 11 is 4.17. The third-order valence-corrected chi connectivity index (χ3v) is 5.35. The van der Waals surface area contributed by atoms with Crippen LogP contribution >= 0.6 is 12.6 Å². The van der Waals surface area contributed by atoms with Crippen LogP contribution in [0.2, 0.25) is 6.04 Å². The second kappa shape index (κ2) is 9.62. The molecule has 0 unspecified atom stereocenters. The van der Waals surface area contributed by atoms with E-state index < -0.39 is 8.80 Å². The van der Waals surface area contributed by atoms with Gasteiger partial charge in [0.25, 0.3) is 0 Å². The van der Waals surface area contributed by atoms with Crippen molar-refractivity contribution in [3.05, 3.63) is 0 Å². The topological polar surface area (TPSA) is 53.7 Å². The van der Waals surface area contributed by atoms with Crippen LogP contribution in [0.5, 0.6) is 0 Å². The van der Waals surface area contributed by atoms with Gasteiger partial charge in [0.2, 0.25) is 0 Å². The van der Waals surface area contributed by atoms with Gasteiger partial charge in [-0.15, -0.1) is 0 Å². The van der Waals surface area contributed by atoms with Gasteiger partial charge in [-0.2, -0.15) is 12.6 Å². The minimum Gasteiger partial charge on any atom is -0.377 e. The summed E-state index contributed by atoms with van der Waals surface area (Å²) in [5.74, 6) is 0.827. The SMILES string of the molecule is CO[Si](CCCS)(OC)OCCCCN. The molecule has 0 aliphatic heterocycles. The van der Waals surface area contributed by atoms with E-state index in [1.807, 2.05) is 0 Å². The maximum Gasteiger partial charge on any atom is 0.500 e. The molecule has 92 valence electrons. The minimum atomic E-state index is -2.40. The Morgan fingerprint density at radius 1 is 1.13 bits per heavy atom. The maximum absolute atomic E-state index is 5.74. The van der Waals surface area contributed by atoms with Crippen LogP contribution in [0.15, 0.2) is 0 Å². The van der Waals surface area contributed by atoms with Crippen LogP contribution in [0.25, 0.3) is 0 Å². The predicted octanol–water partition coefficient (Wildman–Crippen LogP) is 1.29. The van der Waals surface area contributed by atoms with E-state index in [0.29, 0.717) is 13.2 Å². The monoisotopic (exact) mass is 253 g/mol. The Kier molecular flexibility index (Phi) is 9.88. The summed E-state index contributed by atoms with van der Waals surface area (Å²) in [7, 11) is 0.896. The lowest BCUT2D eigenvalue weighted by molar-refractivity contribution is 0.0966. The van der Waals surface area contributed by atoms with E-state index in [1.54, 1.807) is 14.2 Å². The third kappa shape index (κ3) is 6.55. The molecule has 0 aromatic carbocycles. The number of unbranched alkanes of at least 4 members (excludes halogenated alkanes) is 1. The van der Waals surface area contributed by atoms with Crippen molar-refractivity contribution in [3.63, 3.8) is 0 Å². The average Bonchev–Trinajstić information content (AvgIpc) is 2.29. The molecule has 0 amide bonds. The van der Waals surface area contributed by atoms with E-state index in [1.165, 1.54) is 0 Å². The molecule has 0 bridgehead atoms. The molecule has 0 atom stereocenters. The van der Waals surface area contributed by atoms with E-state index in [-0.39, 0.29) is 0 Å². The lowest BCUT2D eigenvalue weighted by atomic mass is 10.3. The fraction of sp³-hybridized carbons (Fsp3) is 1.00. The van der Waals surface area contributed by atoms with E-state index in [2.05, 4.69) is 12.6 Å². The van der Waals surface area contributed by atoms with Crippen LogP contribution in [0.3, 0.4) is 0 Å².